The van der Waals surface area contributed by atoms with Crippen molar-refractivity contribution in [3.05, 3.63) is 35.4 Å². The van der Waals surface area contributed by atoms with Crippen LogP contribution < -0.4 is 5.43 Å². The van der Waals surface area contributed by atoms with Crippen LogP contribution in [0.2, 0.25) is 0 Å². The number of carbonyl (C=O) groups excluding carboxylic acids is 1. The van der Waals surface area contributed by atoms with Gasteiger partial charge in [-0.1, -0.05) is 31.9 Å². The van der Waals surface area contributed by atoms with E-state index in [9.17, 15) is 4.79 Å². The number of amides is 1. The molecule has 1 N–H and O–H groups in total. The zero-order valence-corrected chi connectivity index (χ0v) is 12.2. The number of fused-ring (bicyclic) bond motifs is 1. The van der Waals surface area contributed by atoms with Crippen molar-refractivity contribution >= 4 is 12.1 Å². The molecule has 0 bridgehead atoms. The van der Waals surface area contributed by atoms with Gasteiger partial charge < -0.3 is 0 Å². The summed E-state index contributed by atoms with van der Waals surface area (Å²) in [5.74, 6) is 0.740. The van der Waals surface area contributed by atoms with Crippen molar-refractivity contribution in [2.75, 3.05) is 0 Å². The molecule has 0 aromatic heterocycles. The predicted molar refractivity (Wildman–Crippen MR) is 80.4 cm³/mol. The quantitative estimate of drug-likeness (QED) is 0.684. The van der Waals surface area contributed by atoms with E-state index < -0.39 is 0 Å². The van der Waals surface area contributed by atoms with E-state index in [1.54, 1.807) is 18.3 Å². The third kappa shape index (κ3) is 2.56. The number of nitrogens with zero attached hydrogens (tertiary/aromatic N) is 2. The number of nitriles is 1. The molecule has 0 aliphatic heterocycles. The highest BCUT2D eigenvalue weighted by molar-refractivity contribution is 5.85. The number of hydrazone groups is 1. The van der Waals surface area contributed by atoms with Gasteiger partial charge in [0, 0.05) is 5.92 Å². The molecule has 0 saturated heterocycles. The van der Waals surface area contributed by atoms with Crippen LogP contribution in [0.25, 0.3) is 0 Å². The first-order valence-corrected chi connectivity index (χ1v) is 7.48. The Bertz CT molecular complexity index is 614. The molecule has 21 heavy (non-hydrogen) atoms. The SMILES string of the molecule is C[C@@]12CCCC[C@@H]1[C@H]2C(=O)N/N=C\c1ccc(C#N)cc1. The van der Waals surface area contributed by atoms with Gasteiger partial charge in [0.1, 0.15) is 0 Å². The Balaban J connectivity index is 1.56. The van der Waals surface area contributed by atoms with E-state index in [2.05, 4.69) is 23.5 Å². The van der Waals surface area contributed by atoms with E-state index in [4.69, 9.17) is 5.26 Å². The van der Waals surface area contributed by atoms with Crippen LogP contribution in [0, 0.1) is 28.6 Å². The molecule has 1 aromatic rings. The fourth-order valence-corrected chi connectivity index (χ4v) is 3.73. The number of rotatable bonds is 3. The Morgan fingerprint density at radius 3 is 2.81 bits per heavy atom. The molecule has 1 aromatic carbocycles. The van der Waals surface area contributed by atoms with E-state index in [-0.39, 0.29) is 17.2 Å². The minimum Gasteiger partial charge on any atom is -0.273 e. The maximum absolute atomic E-state index is 12.2. The Morgan fingerprint density at radius 2 is 2.19 bits per heavy atom. The molecular weight excluding hydrogens is 262 g/mol. The minimum absolute atomic E-state index is 0.0503. The predicted octanol–water partition coefficient (Wildman–Crippen LogP) is 2.83. The van der Waals surface area contributed by atoms with Crippen molar-refractivity contribution in [2.24, 2.45) is 22.4 Å². The highest BCUT2D eigenvalue weighted by Gasteiger charge is 2.64. The fraction of sp³-hybridized carbons (Fsp3) is 0.471. The summed E-state index contributed by atoms with van der Waals surface area (Å²) in [5.41, 5.74) is 4.37. The van der Waals surface area contributed by atoms with Crippen LogP contribution in [-0.2, 0) is 4.79 Å². The van der Waals surface area contributed by atoms with Crippen LogP contribution in [0.3, 0.4) is 0 Å². The summed E-state index contributed by atoms with van der Waals surface area (Å²) in [6, 6.07) is 9.17. The topological polar surface area (TPSA) is 65.2 Å². The first-order valence-electron chi connectivity index (χ1n) is 7.48. The molecule has 2 saturated carbocycles. The monoisotopic (exact) mass is 281 g/mol. The van der Waals surface area contributed by atoms with Crippen LogP contribution in [0.5, 0.6) is 0 Å². The number of benzene rings is 1. The van der Waals surface area contributed by atoms with Gasteiger partial charge in [0.2, 0.25) is 5.91 Å². The summed E-state index contributed by atoms with van der Waals surface area (Å²) in [6.07, 6.45) is 6.44. The zero-order valence-electron chi connectivity index (χ0n) is 12.2. The molecule has 0 radical (unpaired) electrons. The molecular formula is C17H19N3O. The van der Waals surface area contributed by atoms with Crippen LogP contribution in [0.15, 0.2) is 29.4 Å². The summed E-state index contributed by atoms with van der Waals surface area (Å²) >= 11 is 0. The van der Waals surface area contributed by atoms with Gasteiger partial charge in [0.15, 0.2) is 0 Å². The lowest BCUT2D eigenvalue weighted by molar-refractivity contribution is -0.123. The first-order chi connectivity index (χ1) is 10.1. The molecule has 1 amide bonds. The van der Waals surface area contributed by atoms with E-state index in [0.717, 1.165) is 12.0 Å². The number of carbonyl (C=O) groups is 1. The fourth-order valence-electron chi connectivity index (χ4n) is 3.73. The van der Waals surface area contributed by atoms with Crippen LogP contribution in [0.1, 0.15) is 43.7 Å². The Morgan fingerprint density at radius 1 is 1.43 bits per heavy atom. The van der Waals surface area contributed by atoms with Crippen LogP contribution >= 0.6 is 0 Å². The van der Waals surface area contributed by atoms with Gasteiger partial charge in [-0.3, -0.25) is 4.79 Å². The van der Waals surface area contributed by atoms with E-state index in [0.29, 0.717) is 11.5 Å². The summed E-state index contributed by atoms with van der Waals surface area (Å²) in [5, 5.41) is 12.8. The summed E-state index contributed by atoms with van der Waals surface area (Å²) < 4.78 is 0. The number of nitrogens with one attached hydrogen (secondary N) is 1. The number of hydrogen-bond donors (Lipinski definition) is 1. The molecule has 4 nitrogen and oxygen atoms in total. The Kier molecular flexibility index (Phi) is 3.50. The second-order valence-electron chi connectivity index (χ2n) is 6.30. The maximum Gasteiger partial charge on any atom is 0.244 e. The smallest absolute Gasteiger partial charge is 0.244 e. The molecule has 2 aliphatic carbocycles. The molecule has 0 heterocycles. The maximum atomic E-state index is 12.2. The second-order valence-corrected chi connectivity index (χ2v) is 6.30. The molecule has 3 rings (SSSR count). The lowest BCUT2D eigenvalue weighted by atomic mass is 9.90. The van der Waals surface area contributed by atoms with Gasteiger partial charge in [0.25, 0.3) is 0 Å². The van der Waals surface area contributed by atoms with Crippen LogP contribution in [-0.4, -0.2) is 12.1 Å². The summed E-state index contributed by atoms with van der Waals surface area (Å²) in [4.78, 5) is 12.2. The van der Waals surface area contributed by atoms with Gasteiger partial charge in [-0.15, -0.1) is 0 Å². The highest BCUT2D eigenvalue weighted by Crippen LogP contribution is 2.66. The van der Waals surface area contributed by atoms with Crippen LogP contribution in [0.4, 0.5) is 0 Å². The molecule has 0 spiro atoms. The van der Waals surface area contributed by atoms with E-state index in [1.165, 1.54) is 19.3 Å². The van der Waals surface area contributed by atoms with E-state index in [1.807, 2.05) is 12.1 Å². The van der Waals surface area contributed by atoms with Crippen molar-refractivity contribution in [1.82, 2.24) is 5.43 Å². The van der Waals surface area contributed by atoms with Crippen molar-refractivity contribution in [2.45, 2.75) is 32.6 Å². The largest absolute Gasteiger partial charge is 0.273 e. The Hall–Kier alpha value is -2.15. The molecule has 2 fully saturated rings. The molecule has 108 valence electrons. The number of hydrogen-bond acceptors (Lipinski definition) is 3. The highest BCUT2D eigenvalue weighted by atomic mass is 16.2. The van der Waals surface area contributed by atoms with Crippen molar-refractivity contribution in [1.29, 1.82) is 5.26 Å². The first kappa shape index (κ1) is 13.8. The molecule has 2 aliphatic rings. The molecule has 3 atom stereocenters. The average molecular weight is 281 g/mol. The Labute approximate surface area is 124 Å². The standard InChI is InChI=1S/C17H19N3O/c1-17-9-3-2-4-14(17)15(17)16(21)20-19-11-13-7-5-12(10-18)6-8-13/h5-8,11,14-15H,2-4,9H2,1H3,(H,20,21)/b19-11-/t14-,15+,17-/m1/s1. The van der Waals surface area contributed by atoms with Gasteiger partial charge in [-0.25, -0.2) is 5.43 Å². The van der Waals surface area contributed by atoms with Gasteiger partial charge in [-0.2, -0.15) is 10.4 Å². The average Bonchev–Trinajstić information content (AvgIpc) is 3.13. The van der Waals surface area contributed by atoms with Crippen molar-refractivity contribution < 1.29 is 4.79 Å². The van der Waals surface area contributed by atoms with Gasteiger partial charge in [-0.05, 0) is 41.9 Å². The summed E-state index contributed by atoms with van der Waals surface area (Å²) in [6.45, 7) is 2.23. The lowest BCUT2D eigenvalue weighted by Crippen LogP contribution is -2.22. The van der Waals surface area contributed by atoms with Gasteiger partial charge in [0.05, 0.1) is 17.8 Å². The van der Waals surface area contributed by atoms with Crippen molar-refractivity contribution in [3.63, 3.8) is 0 Å². The normalized spacial score (nSPS) is 30.5. The molecule has 4 heteroatoms. The zero-order chi connectivity index (χ0) is 14.9. The molecule has 0 unspecified atom stereocenters. The second kappa shape index (κ2) is 5.33. The van der Waals surface area contributed by atoms with Gasteiger partial charge >= 0.3 is 0 Å². The van der Waals surface area contributed by atoms with Crippen molar-refractivity contribution in [3.8, 4) is 6.07 Å². The third-order valence-electron chi connectivity index (χ3n) is 5.04. The van der Waals surface area contributed by atoms with E-state index >= 15 is 0 Å². The third-order valence-corrected chi connectivity index (χ3v) is 5.04. The lowest BCUT2D eigenvalue weighted by Gasteiger charge is -2.15. The minimum atomic E-state index is 0.0503. The summed E-state index contributed by atoms with van der Waals surface area (Å²) in [7, 11) is 0.